The van der Waals surface area contributed by atoms with E-state index in [2.05, 4.69) is 80.9 Å². The Bertz CT molecular complexity index is 1630. The minimum atomic E-state index is 0. The Hall–Kier alpha value is -2.94. The van der Waals surface area contributed by atoms with Gasteiger partial charge in [-0.2, -0.15) is 0 Å². The van der Waals surface area contributed by atoms with Crippen LogP contribution in [0.3, 0.4) is 0 Å². The van der Waals surface area contributed by atoms with Gasteiger partial charge in [0.15, 0.2) is 22.5 Å². The number of halogens is 1. The second-order valence-electron chi connectivity index (χ2n) is 10.2. The summed E-state index contributed by atoms with van der Waals surface area (Å²) < 4.78 is 8.13. The molecule has 0 N–H and O–H groups in total. The van der Waals surface area contributed by atoms with Gasteiger partial charge >= 0.3 is 0 Å². The predicted octanol–water partition coefficient (Wildman–Crippen LogP) is 6.36. The fourth-order valence-corrected chi connectivity index (χ4v) is 6.39. The normalized spacial score (nSPS) is 13.9. The zero-order chi connectivity index (χ0) is 26.2. The lowest BCUT2D eigenvalue weighted by molar-refractivity contribution is 0.289. The Morgan fingerprint density at radius 3 is 2.69 bits per heavy atom. The fourth-order valence-electron chi connectivity index (χ4n) is 5.56. The standard InChI is InChI=1S/C30H34N6OS.ClH/c1-5-27-32-26-18-21-12-15-36(16-13-22(21)20(3)28(26)37-27)14-7-17-38-30-34-33-29(35(30)4)24-8-6-9-25-23(24)11-10-19(2)31-25;/h6,8-11,18H,5,7,12-17H2,1-4H3;1H. The zero-order valence-electron chi connectivity index (χ0n) is 23.0. The highest BCUT2D eigenvalue weighted by atomic mass is 35.5. The summed E-state index contributed by atoms with van der Waals surface area (Å²) in [5.74, 6) is 2.73. The van der Waals surface area contributed by atoms with Crippen LogP contribution in [0, 0.1) is 13.8 Å². The van der Waals surface area contributed by atoms with Crippen LogP contribution in [0.15, 0.2) is 46.0 Å². The number of aryl methyl sites for hydroxylation is 3. The molecule has 0 amide bonds. The quantitative estimate of drug-likeness (QED) is 0.169. The molecule has 4 heterocycles. The summed E-state index contributed by atoms with van der Waals surface area (Å²) in [4.78, 5) is 12.0. The van der Waals surface area contributed by atoms with E-state index in [1.807, 2.05) is 13.0 Å². The number of pyridine rings is 1. The number of rotatable bonds is 7. The summed E-state index contributed by atoms with van der Waals surface area (Å²) in [6.07, 6.45) is 4.09. The lowest BCUT2D eigenvalue weighted by Crippen LogP contribution is -2.27. The molecule has 39 heavy (non-hydrogen) atoms. The van der Waals surface area contributed by atoms with Crippen molar-refractivity contribution in [2.75, 3.05) is 25.4 Å². The summed E-state index contributed by atoms with van der Waals surface area (Å²) >= 11 is 1.79. The topological polar surface area (TPSA) is 72.9 Å². The highest BCUT2D eigenvalue weighted by molar-refractivity contribution is 7.99. The van der Waals surface area contributed by atoms with Gasteiger partial charge in [0.25, 0.3) is 0 Å². The number of benzene rings is 2. The number of oxazole rings is 1. The monoisotopic (exact) mass is 562 g/mol. The molecule has 2 aromatic carbocycles. The molecule has 1 aliphatic heterocycles. The maximum atomic E-state index is 6.02. The number of thioether (sulfide) groups is 1. The molecule has 0 saturated carbocycles. The molecule has 5 aromatic rings. The number of aromatic nitrogens is 5. The van der Waals surface area contributed by atoms with Crippen molar-refractivity contribution in [2.24, 2.45) is 7.05 Å². The summed E-state index contributed by atoms with van der Waals surface area (Å²) in [5, 5.41) is 11.1. The van der Waals surface area contributed by atoms with Gasteiger partial charge in [-0.25, -0.2) is 4.98 Å². The molecule has 3 aromatic heterocycles. The molecule has 1 aliphatic rings. The van der Waals surface area contributed by atoms with Crippen LogP contribution in [-0.4, -0.2) is 55.0 Å². The van der Waals surface area contributed by atoms with Crippen LogP contribution in [0.4, 0.5) is 0 Å². The number of hydrogen-bond acceptors (Lipinski definition) is 7. The van der Waals surface area contributed by atoms with Crippen LogP contribution < -0.4 is 0 Å². The van der Waals surface area contributed by atoms with E-state index in [1.54, 1.807) is 11.8 Å². The molecule has 9 heteroatoms. The van der Waals surface area contributed by atoms with E-state index >= 15 is 0 Å². The molecular formula is C30H35ClN6OS. The number of hydrogen-bond donors (Lipinski definition) is 0. The molecule has 0 saturated heterocycles. The largest absolute Gasteiger partial charge is 0.440 e. The van der Waals surface area contributed by atoms with E-state index < -0.39 is 0 Å². The van der Waals surface area contributed by atoms with E-state index in [4.69, 9.17) is 4.42 Å². The van der Waals surface area contributed by atoms with Crippen molar-refractivity contribution in [3.05, 3.63) is 64.7 Å². The van der Waals surface area contributed by atoms with Crippen molar-refractivity contribution >= 4 is 46.2 Å². The van der Waals surface area contributed by atoms with Crippen LogP contribution in [0.5, 0.6) is 0 Å². The molecule has 0 fully saturated rings. The van der Waals surface area contributed by atoms with Crippen LogP contribution in [0.1, 0.15) is 41.6 Å². The predicted molar refractivity (Wildman–Crippen MR) is 161 cm³/mol. The van der Waals surface area contributed by atoms with Crippen LogP contribution in [0.2, 0.25) is 0 Å². The average molecular weight is 563 g/mol. The Balaban J connectivity index is 0.00000308. The van der Waals surface area contributed by atoms with Crippen molar-refractivity contribution in [2.45, 2.75) is 51.6 Å². The van der Waals surface area contributed by atoms with E-state index in [9.17, 15) is 0 Å². The van der Waals surface area contributed by atoms with E-state index in [-0.39, 0.29) is 12.4 Å². The molecule has 0 aliphatic carbocycles. The Labute approximate surface area is 239 Å². The number of nitrogens with zero attached hydrogens (tertiary/aromatic N) is 6. The van der Waals surface area contributed by atoms with Gasteiger partial charge < -0.3 is 13.9 Å². The van der Waals surface area contributed by atoms with E-state index in [0.29, 0.717) is 0 Å². The van der Waals surface area contributed by atoms with Crippen molar-refractivity contribution < 1.29 is 4.42 Å². The summed E-state index contributed by atoms with van der Waals surface area (Å²) in [5.41, 5.74) is 9.24. The summed E-state index contributed by atoms with van der Waals surface area (Å²) in [6.45, 7) is 9.57. The summed E-state index contributed by atoms with van der Waals surface area (Å²) in [6, 6.07) is 12.6. The Kier molecular flexibility index (Phi) is 8.26. The smallest absolute Gasteiger partial charge is 0.195 e. The van der Waals surface area contributed by atoms with Gasteiger partial charge in [0, 0.05) is 49.0 Å². The second-order valence-corrected chi connectivity index (χ2v) is 11.2. The SMILES string of the molecule is CCc1nc2cc3c(c(C)c2o1)CCN(CCCSc1nnc(-c2cccc4nc(C)ccc24)n1C)CC3.Cl. The van der Waals surface area contributed by atoms with Crippen LogP contribution in [0.25, 0.3) is 33.4 Å². The highest BCUT2D eigenvalue weighted by Gasteiger charge is 2.20. The molecule has 204 valence electrons. The third-order valence-corrected chi connectivity index (χ3v) is 8.77. The minimum Gasteiger partial charge on any atom is -0.440 e. The van der Waals surface area contributed by atoms with Gasteiger partial charge in [0.05, 0.1) is 5.52 Å². The summed E-state index contributed by atoms with van der Waals surface area (Å²) in [7, 11) is 2.06. The molecule has 6 rings (SSSR count). The minimum absolute atomic E-state index is 0. The first-order valence-corrected chi connectivity index (χ1v) is 14.5. The first-order valence-electron chi connectivity index (χ1n) is 13.5. The van der Waals surface area contributed by atoms with E-state index in [0.717, 1.165) is 101 Å². The molecule has 0 unspecified atom stereocenters. The first kappa shape index (κ1) is 27.6. The average Bonchev–Trinajstić information content (AvgIpc) is 3.44. The lowest BCUT2D eigenvalue weighted by atomic mass is 9.97. The van der Waals surface area contributed by atoms with Gasteiger partial charge in [0.2, 0.25) is 0 Å². The molecular weight excluding hydrogens is 528 g/mol. The Morgan fingerprint density at radius 2 is 1.85 bits per heavy atom. The van der Waals surface area contributed by atoms with Gasteiger partial charge in [0.1, 0.15) is 5.52 Å². The fraction of sp³-hybridized carbons (Fsp3) is 0.400. The van der Waals surface area contributed by atoms with Gasteiger partial charge in [-0.1, -0.05) is 36.9 Å². The van der Waals surface area contributed by atoms with Crippen molar-refractivity contribution in [3.63, 3.8) is 0 Å². The van der Waals surface area contributed by atoms with E-state index in [1.165, 1.54) is 16.7 Å². The molecule has 0 atom stereocenters. The maximum Gasteiger partial charge on any atom is 0.195 e. The van der Waals surface area contributed by atoms with Crippen LogP contribution >= 0.6 is 24.2 Å². The third kappa shape index (κ3) is 5.42. The molecule has 0 radical (unpaired) electrons. The number of fused-ring (bicyclic) bond motifs is 3. The molecule has 0 bridgehead atoms. The Morgan fingerprint density at radius 1 is 1.00 bits per heavy atom. The van der Waals surface area contributed by atoms with Crippen LogP contribution in [-0.2, 0) is 26.3 Å². The first-order chi connectivity index (χ1) is 18.5. The van der Waals surface area contributed by atoms with Crippen molar-refractivity contribution in [3.8, 4) is 11.4 Å². The molecule has 0 spiro atoms. The van der Waals surface area contributed by atoms with Crippen molar-refractivity contribution in [1.29, 1.82) is 0 Å². The highest BCUT2D eigenvalue weighted by Crippen LogP contribution is 2.30. The second kappa shape index (κ2) is 11.7. The van der Waals surface area contributed by atoms with Gasteiger partial charge in [-0.3, -0.25) is 4.98 Å². The molecule has 7 nitrogen and oxygen atoms in total. The third-order valence-electron chi connectivity index (χ3n) is 7.66. The zero-order valence-corrected chi connectivity index (χ0v) is 24.7. The van der Waals surface area contributed by atoms with Gasteiger partial charge in [-0.15, -0.1) is 22.6 Å². The van der Waals surface area contributed by atoms with Crippen molar-refractivity contribution in [1.82, 2.24) is 29.6 Å². The lowest BCUT2D eigenvalue weighted by Gasteiger charge is -2.19. The maximum absolute atomic E-state index is 6.02. The van der Waals surface area contributed by atoms with Gasteiger partial charge in [-0.05, 0) is 74.5 Å².